The largest absolute Gasteiger partial charge is 0.236 e. The van der Waals surface area contributed by atoms with Crippen LogP contribution in [0.4, 0.5) is 0 Å². The van der Waals surface area contributed by atoms with Gasteiger partial charge in [-0.2, -0.15) is 4.68 Å². The van der Waals surface area contributed by atoms with Crippen LogP contribution in [0.2, 0.25) is 0 Å². The van der Waals surface area contributed by atoms with Crippen LogP contribution >= 0.6 is 15.9 Å². The number of aromatic nitrogens is 4. The van der Waals surface area contributed by atoms with Gasteiger partial charge < -0.3 is 0 Å². The molecule has 0 aliphatic rings. The second-order valence-electron chi connectivity index (χ2n) is 3.32. The van der Waals surface area contributed by atoms with Crippen molar-refractivity contribution in [3.63, 3.8) is 0 Å². The Morgan fingerprint density at radius 2 is 1.94 bits per heavy atom. The molecule has 0 saturated heterocycles. The third kappa shape index (κ3) is 1.49. The topological polar surface area (TPSA) is 43.6 Å². The number of para-hydroxylation sites is 1. The van der Waals surface area contributed by atoms with Gasteiger partial charge in [0.2, 0.25) is 0 Å². The zero-order chi connectivity index (χ0) is 11.0. The molecule has 2 heterocycles. The highest BCUT2D eigenvalue weighted by atomic mass is 79.9. The van der Waals surface area contributed by atoms with Crippen molar-refractivity contribution in [3.05, 3.63) is 47.1 Å². The van der Waals surface area contributed by atoms with E-state index in [2.05, 4.69) is 31.2 Å². The molecule has 5 heteroatoms. The Morgan fingerprint density at radius 3 is 2.75 bits per heavy atom. The summed E-state index contributed by atoms with van der Waals surface area (Å²) in [5, 5.41) is 8.16. The molecule has 0 atom stereocenters. The number of benzene rings is 1. The summed E-state index contributed by atoms with van der Waals surface area (Å²) in [6.45, 7) is 0. The molecular weight excluding hydrogens is 268 g/mol. The van der Waals surface area contributed by atoms with Gasteiger partial charge >= 0.3 is 0 Å². The van der Waals surface area contributed by atoms with E-state index in [1.807, 2.05) is 36.4 Å². The summed E-state index contributed by atoms with van der Waals surface area (Å²) < 4.78 is 2.67. The molecule has 0 fully saturated rings. The molecule has 0 bridgehead atoms. The van der Waals surface area contributed by atoms with Gasteiger partial charge in [-0.3, -0.25) is 0 Å². The van der Waals surface area contributed by atoms with Crippen LogP contribution < -0.4 is 0 Å². The Hall–Kier alpha value is -1.75. The third-order valence-electron chi connectivity index (χ3n) is 2.28. The molecular formula is C11H7BrN4. The van der Waals surface area contributed by atoms with Gasteiger partial charge in [0.05, 0.1) is 5.52 Å². The average molecular weight is 275 g/mol. The number of hydrogen-bond acceptors (Lipinski definition) is 3. The van der Waals surface area contributed by atoms with Crippen LogP contribution in [0, 0.1) is 0 Å². The van der Waals surface area contributed by atoms with Crippen molar-refractivity contribution >= 4 is 27.0 Å². The zero-order valence-corrected chi connectivity index (χ0v) is 9.79. The lowest BCUT2D eigenvalue weighted by Crippen LogP contribution is -1.98. The van der Waals surface area contributed by atoms with Gasteiger partial charge in [0.25, 0.3) is 0 Å². The summed E-state index contributed by atoms with van der Waals surface area (Å²) in [7, 11) is 0. The Balaban J connectivity index is 2.22. The van der Waals surface area contributed by atoms with Gasteiger partial charge in [-0.25, -0.2) is 4.98 Å². The molecule has 0 unspecified atom stereocenters. The van der Waals surface area contributed by atoms with E-state index in [9.17, 15) is 0 Å². The zero-order valence-electron chi connectivity index (χ0n) is 8.21. The molecule has 0 amide bonds. The first-order chi connectivity index (χ1) is 7.84. The molecule has 3 rings (SSSR count). The highest BCUT2D eigenvalue weighted by Crippen LogP contribution is 2.15. The molecule has 0 aliphatic heterocycles. The first kappa shape index (κ1) is 9.47. The fraction of sp³-hybridized carbons (Fsp3) is 0. The fourth-order valence-electron chi connectivity index (χ4n) is 1.53. The van der Waals surface area contributed by atoms with Gasteiger partial charge in [-0.15, -0.1) is 5.10 Å². The maximum Gasteiger partial charge on any atom is 0.155 e. The minimum atomic E-state index is 0.761. The monoisotopic (exact) mass is 274 g/mol. The minimum Gasteiger partial charge on any atom is -0.236 e. The van der Waals surface area contributed by atoms with E-state index >= 15 is 0 Å². The molecule has 3 aromatic rings. The predicted octanol–water partition coefficient (Wildman–Crippen LogP) is 2.58. The average Bonchev–Trinajstić information content (AvgIpc) is 2.74. The quantitative estimate of drug-likeness (QED) is 0.685. The second kappa shape index (κ2) is 3.68. The van der Waals surface area contributed by atoms with Crippen molar-refractivity contribution in [2.24, 2.45) is 0 Å². The lowest BCUT2D eigenvalue weighted by atomic mass is 10.3. The molecule has 0 N–H and O–H groups in total. The van der Waals surface area contributed by atoms with Crippen molar-refractivity contribution in [1.82, 2.24) is 20.0 Å². The smallest absolute Gasteiger partial charge is 0.155 e. The number of rotatable bonds is 1. The van der Waals surface area contributed by atoms with E-state index in [0.29, 0.717) is 0 Å². The molecule has 78 valence electrons. The number of pyridine rings is 1. The number of hydrogen-bond donors (Lipinski definition) is 0. The third-order valence-corrected chi connectivity index (χ3v) is 2.75. The Bertz CT molecular complexity index is 630. The maximum atomic E-state index is 4.28. The molecule has 0 saturated carbocycles. The number of fused-ring (bicyclic) bond motifs is 1. The lowest BCUT2D eigenvalue weighted by Gasteiger charge is -2.00. The highest BCUT2D eigenvalue weighted by molar-refractivity contribution is 9.10. The molecule has 16 heavy (non-hydrogen) atoms. The predicted molar refractivity (Wildman–Crippen MR) is 64.4 cm³/mol. The second-order valence-corrected chi connectivity index (χ2v) is 4.24. The van der Waals surface area contributed by atoms with Crippen LogP contribution in [0.1, 0.15) is 0 Å². The summed E-state index contributed by atoms with van der Waals surface area (Å²) in [6, 6.07) is 11.6. The summed E-state index contributed by atoms with van der Waals surface area (Å²) in [5.41, 5.74) is 1.82. The molecule has 0 spiro atoms. The Morgan fingerprint density at radius 1 is 1.06 bits per heavy atom. The summed E-state index contributed by atoms with van der Waals surface area (Å²) in [4.78, 5) is 4.28. The minimum absolute atomic E-state index is 0.761. The SMILES string of the molecule is Brc1ccc(-n2nnc3ccccc32)nc1. The highest BCUT2D eigenvalue weighted by Gasteiger charge is 2.05. The van der Waals surface area contributed by atoms with E-state index in [1.165, 1.54) is 0 Å². The molecule has 0 aliphatic carbocycles. The molecule has 1 aromatic carbocycles. The van der Waals surface area contributed by atoms with Gasteiger partial charge in [-0.1, -0.05) is 17.3 Å². The summed E-state index contributed by atoms with van der Waals surface area (Å²) in [5.74, 6) is 0.761. The summed E-state index contributed by atoms with van der Waals surface area (Å²) in [6.07, 6.45) is 1.74. The van der Waals surface area contributed by atoms with Crippen molar-refractivity contribution in [2.75, 3.05) is 0 Å². The first-order valence-corrected chi connectivity index (χ1v) is 5.56. The van der Waals surface area contributed by atoms with E-state index in [0.717, 1.165) is 21.3 Å². The van der Waals surface area contributed by atoms with E-state index in [4.69, 9.17) is 0 Å². The number of halogens is 1. The maximum absolute atomic E-state index is 4.28. The van der Waals surface area contributed by atoms with Crippen LogP contribution in [-0.4, -0.2) is 20.0 Å². The Labute approximate surface area is 100 Å². The van der Waals surface area contributed by atoms with Gasteiger partial charge in [0.15, 0.2) is 5.82 Å². The molecule has 4 nitrogen and oxygen atoms in total. The van der Waals surface area contributed by atoms with Crippen LogP contribution in [0.5, 0.6) is 0 Å². The number of nitrogens with zero attached hydrogens (tertiary/aromatic N) is 4. The van der Waals surface area contributed by atoms with Crippen molar-refractivity contribution in [2.45, 2.75) is 0 Å². The van der Waals surface area contributed by atoms with Crippen LogP contribution in [-0.2, 0) is 0 Å². The van der Waals surface area contributed by atoms with Gasteiger partial charge in [0.1, 0.15) is 5.52 Å². The van der Waals surface area contributed by atoms with Crippen molar-refractivity contribution < 1.29 is 0 Å². The van der Waals surface area contributed by atoms with Crippen LogP contribution in [0.15, 0.2) is 47.1 Å². The summed E-state index contributed by atoms with van der Waals surface area (Å²) >= 11 is 3.35. The molecule has 0 radical (unpaired) electrons. The first-order valence-electron chi connectivity index (χ1n) is 4.77. The van der Waals surface area contributed by atoms with Crippen LogP contribution in [0.3, 0.4) is 0 Å². The van der Waals surface area contributed by atoms with Gasteiger partial charge in [0, 0.05) is 10.7 Å². The van der Waals surface area contributed by atoms with Crippen molar-refractivity contribution in [3.8, 4) is 5.82 Å². The lowest BCUT2D eigenvalue weighted by molar-refractivity contribution is 0.801. The van der Waals surface area contributed by atoms with Crippen molar-refractivity contribution in [1.29, 1.82) is 0 Å². The Kier molecular flexibility index (Phi) is 2.18. The standard InChI is InChI=1S/C11H7BrN4/c12-8-5-6-11(13-7-8)16-10-4-2-1-3-9(10)14-15-16/h1-7H. The van der Waals surface area contributed by atoms with Gasteiger partial charge in [-0.05, 0) is 40.2 Å². The normalized spacial score (nSPS) is 10.8. The molecule has 2 aromatic heterocycles. The van der Waals surface area contributed by atoms with E-state index in [1.54, 1.807) is 10.9 Å². The van der Waals surface area contributed by atoms with E-state index in [-0.39, 0.29) is 0 Å². The van der Waals surface area contributed by atoms with Crippen LogP contribution in [0.25, 0.3) is 16.9 Å². The fourth-order valence-corrected chi connectivity index (χ4v) is 1.77. The van der Waals surface area contributed by atoms with E-state index < -0.39 is 0 Å².